The minimum atomic E-state index is -0.766. The van der Waals surface area contributed by atoms with Crippen LogP contribution in [0.5, 0.6) is 0 Å². The zero-order chi connectivity index (χ0) is 11.1. The van der Waals surface area contributed by atoms with E-state index in [0.717, 1.165) is 11.1 Å². The zero-order valence-corrected chi connectivity index (χ0v) is 8.59. The Labute approximate surface area is 87.7 Å². The summed E-state index contributed by atoms with van der Waals surface area (Å²) in [4.78, 5) is 11.1. The predicted molar refractivity (Wildman–Crippen MR) is 54.2 cm³/mol. The van der Waals surface area contributed by atoms with Crippen molar-refractivity contribution in [1.82, 2.24) is 0 Å². The molecule has 0 saturated heterocycles. The second-order valence-electron chi connectivity index (χ2n) is 4.46. The Hall–Kier alpha value is -1.38. The largest absolute Gasteiger partial charge is 0.481 e. The number of fused-ring (bicyclic) bond motifs is 1. The Morgan fingerprint density at radius 2 is 2.20 bits per heavy atom. The number of hydrogen-bond acceptors (Lipinski definition) is 1. The Kier molecular flexibility index (Phi) is 2.25. The summed E-state index contributed by atoms with van der Waals surface area (Å²) < 4.78 is 12.9. The molecule has 0 bridgehead atoms. The number of aliphatic carboxylic acids is 1. The van der Waals surface area contributed by atoms with E-state index in [4.69, 9.17) is 5.11 Å². The SMILES string of the molecule is CC1(C(=O)O)CCc2cc(F)ccc2C1. The van der Waals surface area contributed by atoms with Crippen molar-refractivity contribution in [3.63, 3.8) is 0 Å². The van der Waals surface area contributed by atoms with Gasteiger partial charge < -0.3 is 5.11 Å². The fourth-order valence-corrected chi connectivity index (χ4v) is 2.10. The molecule has 0 saturated carbocycles. The van der Waals surface area contributed by atoms with Crippen LogP contribution in [0.15, 0.2) is 18.2 Å². The van der Waals surface area contributed by atoms with E-state index in [0.29, 0.717) is 19.3 Å². The molecule has 1 atom stereocenters. The molecule has 15 heavy (non-hydrogen) atoms. The molecular formula is C12H13FO2. The van der Waals surface area contributed by atoms with Gasteiger partial charge >= 0.3 is 5.97 Å². The summed E-state index contributed by atoms with van der Waals surface area (Å²) in [5.41, 5.74) is 1.23. The summed E-state index contributed by atoms with van der Waals surface area (Å²) in [5, 5.41) is 9.10. The monoisotopic (exact) mass is 208 g/mol. The Balaban J connectivity index is 2.35. The van der Waals surface area contributed by atoms with Gasteiger partial charge in [0.1, 0.15) is 5.82 Å². The van der Waals surface area contributed by atoms with Crippen molar-refractivity contribution in [2.45, 2.75) is 26.2 Å². The molecule has 0 spiro atoms. The molecule has 2 rings (SSSR count). The lowest BCUT2D eigenvalue weighted by Crippen LogP contribution is -2.33. The molecule has 1 aliphatic carbocycles. The number of hydrogen-bond donors (Lipinski definition) is 1. The van der Waals surface area contributed by atoms with Crippen molar-refractivity contribution >= 4 is 5.97 Å². The maximum absolute atomic E-state index is 12.9. The van der Waals surface area contributed by atoms with E-state index in [1.54, 1.807) is 13.0 Å². The van der Waals surface area contributed by atoms with Crippen LogP contribution in [0.25, 0.3) is 0 Å². The maximum atomic E-state index is 12.9. The molecule has 1 aliphatic rings. The predicted octanol–water partition coefficient (Wildman–Crippen LogP) is 2.41. The zero-order valence-electron chi connectivity index (χ0n) is 8.59. The van der Waals surface area contributed by atoms with Crippen molar-refractivity contribution in [3.8, 4) is 0 Å². The van der Waals surface area contributed by atoms with Crippen molar-refractivity contribution in [3.05, 3.63) is 35.1 Å². The van der Waals surface area contributed by atoms with E-state index in [1.807, 2.05) is 0 Å². The summed E-state index contributed by atoms with van der Waals surface area (Å²) in [6.07, 6.45) is 1.73. The first-order chi connectivity index (χ1) is 7.01. The number of carboxylic acid groups (broad SMARTS) is 1. The molecule has 0 aliphatic heterocycles. The Bertz CT molecular complexity index is 414. The van der Waals surface area contributed by atoms with Gasteiger partial charge in [-0.15, -0.1) is 0 Å². The van der Waals surface area contributed by atoms with Crippen LogP contribution in [0, 0.1) is 11.2 Å². The van der Waals surface area contributed by atoms with Crippen LogP contribution < -0.4 is 0 Å². The van der Waals surface area contributed by atoms with Crippen LogP contribution in [0.2, 0.25) is 0 Å². The molecule has 0 fully saturated rings. The number of halogens is 1. The van der Waals surface area contributed by atoms with Gasteiger partial charge in [0.25, 0.3) is 0 Å². The lowest BCUT2D eigenvalue weighted by Gasteiger charge is -2.30. The average molecular weight is 208 g/mol. The quantitative estimate of drug-likeness (QED) is 0.769. The van der Waals surface area contributed by atoms with Gasteiger partial charge in [0.05, 0.1) is 5.41 Å². The average Bonchev–Trinajstić information content (AvgIpc) is 2.18. The number of carboxylic acids is 1. The molecule has 2 nitrogen and oxygen atoms in total. The third kappa shape index (κ3) is 1.74. The Morgan fingerprint density at radius 3 is 2.87 bits per heavy atom. The number of benzene rings is 1. The fourth-order valence-electron chi connectivity index (χ4n) is 2.10. The van der Waals surface area contributed by atoms with Gasteiger partial charge in [0.2, 0.25) is 0 Å². The smallest absolute Gasteiger partial charge is 0.309 e. The lowest BCUT2D eigenvalue weighted by molar-refractivity contribution is -0.148. The molecule has 0 aromatic heterocycles. The molecule has 1 unspecified atom stereocenters. The standard InChI is InChI=1S/C12H13FO2/c1-12(11(14)15)5-4-8-6-10(13)3-2-9(8)7-12/h2-3,6H,4-5,7H2,1H3,(H,14,15). The number of rotatable bonds is 1. The lowest BCUT2D eigenvalue weighted by atomic mass is 9.73. The maximum Gasteiger partial charge on any atom is 0.309 e. The van der Waals surface area contributed by atoms with E-state index < -0.39 is 11.4 Å². The molecule has 1 aromatic carbocycles. The van der Waals surface area contributed by atoms with Crippen LogP contribution >= 0.6 is 0 Å². The van der Waals surface area contributed by atoms with Crippen LogP contribution in [0.4, 0.5) is 4.39 Å². The number of carbonyl (C=O) groups is 1. The summed E-state index contributed by atoms with van der Waals surface area (Å²) in [7, 11) is 0. The normalized spacial score (nSPS) is 24.7. The molecule has 0 amide bonds. The van der Waals surface area contributed by atoms with Gasteiger partial charge in [-0.1, -0.05) is 6.07 Å². The van der Waals surface area contributed by atoms with Gasteiger partial charge in [-0.2, -0.15) is 0 Å². The molecule has 0 heterocycles. The van der Waals surface area contributed by atoms with Crippen molar-refractivity contribution in [1.29, 1.82) is 0 Å². The molecule has 0 radical (unpaired) electrons. The first-order valence-electron chi connectivity index (χ1n) is 5.02. The van der Waals surface area contributed by atoms with Crippen molar-refractivity contribution in [2.75, 3.05) is 0 Å². The summed E-state index contributed by atoms with van der Waals surface area (Å²) in [6.45, 7) is 1.75. The fraction of sp³-hybridized carbons (Fsp3) is 0.417. The highest BCUT2D eigenvalue weighted by atomic mass is 19.1. The summed E-state index contributed by atoms with van der Waals surface area (Å²) >= 11 is 0. The first kappa shape index (κ1) is 10.1. The molecule has 1 aromatic rings. The third-order valence-corrected chi connectivity index (χ3v) is 3.21. The van der Waals surface area contributed by atoms with Gasteiger partial charge in [-0.05, 0) is 49.4 Å². The van der Waals surface area contributed by atoms with E-state index in [1.165, 1.54) is 12.1 Å². The van der Waals surface area contributed by atoms with Crippen LogP contribution in [-0.2, 0) is 17.6 Å². The topological polar surface area (TPSA) is 37.3 Å². The summed E-state index contributed by atoms with van der Waals surface area (Å²) in [6, 6.07) is 4.61. The molecular weight excluding hydrogens is 195 g/mol. The third-order valence-electron chi connectivity index (χ3n) is 3.21. The van der Waals surface area contributed by atoms with E-state index in [-0.39, 0.29) is 5.82 Å². The van der Waals surface area contributed by atoms with E-state index >= 15 is 0 Å². The van der Waals surface area contributed by atoms with Crippen molar-refractivity contribution in [2.24, 2.45) is 5.41 Å². The number of aryl methyl sites for hydroxylation is 1. The van der Waals surface area contributed by atoms with Crippen LogP contribution in [0.3, 0.4) is 0 Å². The second-order valence-corrected chi connectivity index (χ2v) is 4.46. The minimum absolute atomic E-state index is 0.243. The highest BCUT2D eigenvalue weighted by Crippen LogP contribution is 2.35. The molecule has 80 valence electrons. The summed E-state index contributed by atoms with van der Waals surface area (Å²) in [5.74, 6) is -1.01. The van der Waals surface area contributed by atoms with E-state index in [9.17, 15) is 9.18 Å². The van der Waals surface area contributed by atoms with Gasteiger partial charge in [-0.25, -0.2) is 4.39 Å². The minimum Gasteiger partial charge on any atom is -0.481 e. The Morgan fingerprint density at radius 1 is 1.47 bits per heavy atom. The van der Waals surface area contributed by atoms with Gasteiger partial charge in [0.15, 0.2) is 0 Å². The highest BCUT2D eigenvalue weighted by molar-refractivity contribution is 5.75. The van der Waals surface area contributed by atoms with Gasteiger partial charge in [0, 0.05) is 0 Å². The second kappa shape index (κ2) is 3.33. The van der Waals surface area contributed by atoms with Gasteiger partial charge in [-0.3, -0.25) is 4.79 Å². The van der Waals surface area contributed by atoms with Crippen molar-refractivity contribution < 1.29 is 14.3 Å². The van der Waals surface area contributed by atoms with Crippen LogP contribution in [-0.4, -0.2) is 11.1 Å². The molecule has 3 heteroatoms. The van der Waals surface area contributed by atoms with E-state index in [2.05, 4.69) is 0 Å². The van der Waals surface area contributed by atoms with Crippen LogP contribution in [0.1, 0.15) is 24.5 Å². The molecule has 1 N–H and O–H groups in total. The first-order valence-corrected chi connectivity index (χ1v) is 5.02. The highest BCUT2D eigenvalue weighted by Gasteiger charge is 2.36.